The van der Waals surface area contributed by atoms with Crippen molar-refractivity contribution in [2.24, 2.45) is 5.92 Å². The van der Waals surface area contributed by atoms with Crippen LogP contribution in [0, 0.1) is 17.2 Å². The summed E-state index contributed by atoms with van der Waals surface area (Å²) >= 11 is 12.2. The second-order valence-electron chi connectivity index (χ2n) is 14.9. The molecule has 0 aliphatic carbocycles. The fourth-order valence-corrected chi connectivity index (χ4v) is 7.49. The maximum absolute atomic E-state index is 13.9. The molecule has 0 radical (unpaired) electrons. The summed E-state index contributed by atoms with van der Waals surface area (Å²) in [5, 5.41) is 13.3. The highest BCUT2D eigenvalue weighted by Crippen LogP contribution is 2.41. The van der Waals surface area contributed by atoms with Gasteiger partial charge in [-0.3, -0.25) is 9.59 Å². The molecule has 2 amide bonds. The lowest BCUT2D eigenvalue weighted by atomic mass is 9.91. The molecule has 56 heavy (non-hydrogen) atoms. The van der Waals surface area contributed by atoms with Crippen LogP contribution in [0.2, 0.25) is 10.0 Å². The minimum atomic E-state index is -0.650. The average Bonchev–Trinajstić information content (AvgIpc) is 3.20. The van der Waals surface area contributed by atoms with Crippen molar-refractivity contribution in [3.63, 3.8) is 0 Å². The molecule has 5 aromatic carbocycles. The van der Waals surface area contributed by atoms with Crippen LogP contribution >= 0.6 is 23.2 Å². The zero-order chi connectivity index (χ0) is 39.3. The number of carbonyl (C=O) groups is 2. The van der Waals surface area contributed by atoms with Gasteiger partial charge in [-0.15, -0.1) is 0 Å². The second kappa shape index (κ2) is 17.1. The second-order valence-corrected chi connectivity index (χ2v) is 15.7. The molecule has 286 valence electrons. The Morgan fingerprint density at radius 1 is 0.857 bits per heavy atom. The van der Waals surface area contributed by atoms with Crippen molar-refractivity contribution in [2.45, 2.75) is 71.4 Å². The molecular weight excluding hydrogens is 745 g/mol. The molecular formula is C46H43Cl2N3O5. The van der Waals surface area contributed by atoms with Crippen molar-refractivity contribution >= 4 is 35.0 Å². The highest BCUT2D eigenvalue weighted by Gasteiger charge is 2.37. The van der Waals surface area contributed by atoms with Gasteiger partial charge in [-0.1, -0.05) is 91.6 Å². The Morgan fingerprint density at radius 3 is 2.21 bits per heavy atom. The van der Waals surface area contributed by atoms with Gasteiger partial charge in [0, 0.05) is 25.4 Å². The highest BCUT2D eigenvalue weighted by molar-refractivity contribution is 6.42. The summed E-state index contributed by atoms with van der Waals surface area (Å²) in [7, 11) is 0. The van der Waals surface area contributed by atoms with Gasteiger partial charge in [-0.2, -0.15) is 5.26 Å². The number of amides is 2. The first-order valence-corrected chi connectivity index (χ1v) is 19.6. The van der Waals surface area contributed by atoms with E-state index in [4.69, 9.17) is 42.7 Å². The van der Waals surface area contributed by atoms with Gasteiger partial charge in [0.05, 0.1) is 21.7 Å². The SMILES string of the molecule is CC(C)CC(=O)N1Cc2cc3c(cc2CC1C(=O)NC(C)Cc1ccc(-c2ccc(C#N)cc2)cc1)OCC(c1ccc(OCc2ccc(Cl)c(Cl)c2)cc1)O3. The molecule has 3 atom stereocenters. The Labute approximate surface area is 337 Å². The lowest BCUT2D eigenvalue weighted by Gasteiger charge is -2.38. The van der Waals surface area contributed by atoms with Gasteiger partial charge < -0.3 is 24.4 Å². The van der Waals surface area contributed by atoms with Crippen LogP contribution in [0.25, 0.3) is 11.1 Å². The molecule has 10 heteroatoms. The van der Waals surface area contributed by atoms with Crippen molar-refractivity contribution < 1.29 is 23.8 Å². The number of nitriles is 1. The first-order valence-electron chi connectivity index (χ1n) is 18.8. The number of rotatable bonds is 11. The predicted octanol–water partition coefficient (Wildman–Crippen LogP) is 9.67. The first kappa shape index (κ1) is 38.8. The fraction of sp³-hybridized carbons (Fsp3) is 0.283. The summed E-state index contributed by atoms with van der Waals surface area (Å²) in [6, 6.07) is 34.1. The van der Waals surface area contributed by atoms with Crippen LogP contribution in [0.5, 0.6) is 17.2 Å². The monoisotopic (exact) mass is 787 g/mol. The topological polar surface area (TPSA) is 101 Å². The van der Waals surface area contributed by atoms with Crippen LogP contribution in [0.1, 0.15) is 66.7 Å². The maximum Gasteiger partial charge on any atom is 0.243 e. The number of ether oxygens (including phenoxy) is 3. The average molecular weight is 789 g/mol. The number of hydrogen-bond acceptors (Lipinski definition) is 6. The van der Waals surface area contributed by atoms with Gasteiger partial charge in [0.25, 0.3) is 0 Å². The van der Waals surface area contributed by atoms with Crippen molar-refractivity contribution in [3.05, 3.63) is 147 Å². The zero-order valence-corrected chi connectivity index (χ0v) is 33.1. The quantitative estimate of drug-likeness (QED) is 0.143. The maximum atomic E-state index is 13.9. The summed E-state index contributed by atoms with van der Waals surface area (Å²) in [6.07, 6.45) is 1.02. The van der Waals surface area contributed by atoms with Crippen LogP contribution < -0.4 is 19.5 Å². The van der Waals surface area contributed by atoms with Gasteiger partial charge in [-0.05, 0) is 107 Å². The Kier molecular flexibility index (Phi) is 11.8. The molecule has 2 heterocycles. The number of carbonyl (C=O) groups excluding carboxylic acids is 2. The van der Waals surface area contributed by atoms with E-state index in [1.807, 2.05) is 87.5 Å². The third-order valence-electron chi connectivity index (χ3n) is 10.1. The third-order valence-corrected chi connectivity index (χ3v) is 10.9. The normalized spacial score (nSPS) is 16.4. The largest absolute Gasteiger partial charge is 0.489 e. The van der Waals surface area contributed by atoms with Crippen LogP contribution in [0.3, 0.4) is 0 Å². The molecule has 2 aliphatic rings. The van der Waals surface area contributed by atoms with Crippen molar-refractivity contribution in [1.82, 2.24) is 10.2 Å². The Bertz CT molecular complexity index is 2250. The van der Waals surface area contributed by atoms with Crippen LogP contribution in [-0.2, 0) is 35.6 Å². The molecule has 0 aromatic heterocycles. The number of fused-ring (bicyclic) bond motifs is 2. The minimum Gasteiger partial charge on any atom is -0.489 e. The summed E-state index contributed by atoms with van der Waals surface area (Å²) in [5.41, 5.74) is 7.57. The van der Waals surface area contributed by atoms with Crippen LogP contribution in [0.15, 0.2) is 103 Å². The van der Waals surface area contributed by atoms with Crippen molar-refractivity contribution in [2.75, 3.05) is 6.61 Å². The minimum absolute atomic E-state index is 0.0499. The lowest BCUT2D eigenvalue weighted by molar-refractivity contribution is -0.142. The number of halogens is 2. The Hall–Kier alpha value is -5.49. The van der Waals surface area contributed by atoms with E-state index in [1.54, 1.807) is 17.0 Å². The molecule has 0 spiro atoms. The molecule has 2 aliphatic heterocycles. The van der Waals surface area contributed by atoms with E-state index < -0.39 is 6.04 Å². The molecule has 8 nitrogen and oxygen atoms in total. The molecule has 0 saturated carbocycles. The number of benzene rings is 5. The van der Waals surface area contributed by atoms with Gasteiger partial charge in [0.2, 0.25) is 11.8 Å². The van der Waals surface area contributed by atoms with E-state index in [1.165, 1.54) is 0 Å². The van der Waals surface area contributed by atoms with Gasteiger partial charge >= 0.3 is 0 Å². The highest BCUT2D eigenvalue weighted by atomic mass is 35.5. The molecule has 1 N–H and O–H groups in total. The molecule has 0 fully saturated rings. The standard InChI is InChI=1S/C46H43Cl2N3O5/c1-28(2)18-45(52)51-25-37-23-43-42(55-27-44(56-43)35-13-15-38(16-14-35)54-26-32-8-17-39(47)40(48)20-32)22-36(37)21-41(51)46(53)50-29(3)19-30-4-9-33(10-5-30)34-11-6-31(24-49)7-12-34/h4-17,20,22-23,28-29,41,44H,18-19,21,25-27H2,1-3H3,(H,50,53). The van der Waals surface area contributed by atoms with E-state index in [-0.39, 0.29) is 29.9 Å². The molecule has 7 rings (SSSR count). The van der Waals surface area contributed by atoms with Gasteiger partial charge in [-0.25, -0.2) is 0 Å². The summed E-state index contributed by atoms with van der Waals surface area (Å²) < 4.78 is 18.7. The van der Waals surface area contributed by atoms with Crippen LogP contribution in [0.4, 0.5) is 0 Å². The van der Waals surface area contributed by atoms with Gasteiger partial charge in [0.15, 0.2) is 17.6 Å². The Balaban J connectivity index is 1.00. The molecule has 3 unspecified atom stereocenters. The van der Waals surface area contributed by atoms with E-state index in [9.17, 15) is 9.59 Å². The fourth-order valence-electron chi connectivity index (χ4n) is 7.17. The van der Waals surface area contributed by atoms with E-state index >= 15 is 0 Å². The first-order chi connectivity index (χ1) is 27.0. The summed E-state index contributed by atoms with van der Waals surface area (Å²) in [5.74, 6) is 1.87. The molecule has 0 bridgehead atoms. The van der Waals surface area contributed by atoms with E-state index in [2.05, 4.69) is 35.7 Å². The van der Waals surface area contributed by atoms with E-state index in [0.717, 1.165) is 38.9 Å². The van der Waals surface area contributed by atoms with Crippen LogP contribution in [-0.4, -0.2) is 35.4 Å². The van der Waals surface area contributed by atoms with Gasteiger partial charge in [0.1, 0.15) is 25.0 Å². The van der Waals surface area contributed by atoms with Crippen molar-refractivity contribution in [3.8, 4) is 34.4 Å². The molecule has 0 saturated heterocycles. The number of nitrogens with one attached hydrogen (secondary N) is 1. The molecule has 5 aromatic rings. The summed E-state index contributed by atoms with van der Waals surface area (Å²) in [4.78, 5) is 29.3. The Morgan fingerprint density at radius 2 is 1.54 bits per heavy atom. The number of nitrogens with zero attached hydrogens (tertiary/aromatic N) is 2. The smallest absolute Gasteiger partial charge is 0.243 e. The predicted molar refractivity (Wildman–Crippen MR) is 218 cm³/mol. The lowest BCUT2D eigenvalue weighted by Crippen LogP contribution is -2.54. The zero-order valence-electron chi connectivity index (χ0n) is 31.6. The van der Waals surface area contributed by atoms with E-state index in [0.29, 0.717) is 71.9 Å². The van der Waals surface area contributed by atoms with Crippen molar-refractivity contribution in [1.29, 1.82) is 5.26 Å². The third kappa shape index (κ3) is 9.13. The number of hydrogen-bond donors (Lipinski definition) is 1. The summed E-state index contributed by atoms with van der Waals surface area (Å²) in [6.45, 7) is 6.98.